The van der Waals surface area contributed by atoms with E-state index < -0.39 is 0 Å². The highest BCUT2D eigenvalue weighted by atomic mass is 19.1. The predicted octanol–water partition coefficient (Wildman–Crippen LogP) is 3.21. The van der Waals surface area contributed by atoms with E-state index in [9.17, 15) is 9.18 Å². The lowest BCUT2D eigenvalue weighted by molar-refractivity contribution is -0.0172. The number of para-hydroxylation sites is 1. The molecule has 0 bridgehead atoms. The molecule has 26 heavy (non-hydrogen) atoms. The van der Waals surface area contributed by atoms with E-state index in [-0.39, 0.29) is 18.5 Å². The van der Waals surface area contributed by atoms with Crippen molar-refractivity contribution in [3.8, 4) is 5.75 Å². The molecule has 1 aromatic heterocycles. The summed E-state index contributed by atoms with van der Waals surface area (Å²) in [6, 6.07) is 14.0. The van der Waals surface area contributed by atoms with Crippen molar-refractivity contribution in [1.82, 2.24) is 10.3 Å². The molecule has 0 fully saturated rings. The lowest BCUT2D eigenvalue weighted by atomic mass is 10.1. The van der Waals surface area contributed by atoms with Gasteiger partial charge in [-0.25, -0.2) is 9.37 Å². The van der Waals surface area contributed by atoms with E-state index in [0.29, 0.717) is 36.6 Å². The van der Waals surface area contributed by atoms with E-state index in [2.05, 4.69) is 10.3 Å². The van der Waals surface area contributed by atoms with Gasteiger partial charge in [-0.15, -0.1) is 0 Å². The first-order valence-corrected chi connectivity index (χ1v) is 8.36. The Morgan fingerprint density at radius 3 is 3.00 bits per heavy atom. The van der Waals surface area contributed by atoms with Crippen LogP contribution in [0.25, 0.3) is 10.9 Å². The second-order valence-corrected chi connectivity index (χ2v) is 6.06. The Kier molecular flexibility index (Phi) is 4.50. The zero-order valence-corrected chi connectivity index (χ0v) is 14.0. The number of rotatable bonds is 4. The van der Waals surface area contributed by atoms with Gasteiger partial charge >= 0.3 is 0 Å². The van der Waals surface area contributed by atoms with Crippen molar-refractivity contribution in [3.05, 3.63) is 71.2 Å². The Hall–Kier alpha value is -2.99. The molecule has 2 heterocycles. The average molecular weight is 352 g/mol. The molecule has 1 N–H and O–H groups in total. The Bertz CT molecular complexity index is 974. The summed E-state index contributed by atoms with van der Waals surface area (Å²) in [6.45, 7) is 0.833. The van der Waals surface area contributed by atoms with Crippen molar-refractivity contribution in [2.45, 2.75) is 13.0 Å². The molecule has 0 saturated carbocycles. The van der Waals surface area contributed by atoms with Crippen LogP contribution in [0, 0.1) is 5.82 Å². The Balaban J connectivity index is 1.44. The van der Waals surface area contributed by atoms with Crippen LogP contribution in [0.4, 0.5) is 4.39 Å². The van der Waals surface area contributed by atoms with Crippen LogP contribution in [0.1, 0.15) is 21.6 Å². The number of aromatic nitrogens is 1. The molecule has 1 aliphatic rings. The summed E-state index contributed by atoms with van der Waals surface area (Å²) >= 11 is 0. The molecule has 0 unspecified atom stereocenters. The summed E-state index contributed by atoms with van der Waals surface area (Å²) in [5.41, 5.74) is 2.53. The molecule has 2 aromatic carbocycles. The van der Waals surface area contributed by atoms with Crippen molar-refractivity contribution in [3.63, 3.8) is 0 Å². The maximum Gasteiger partial charge on any atom is 0.269 e. The third kappa shape index (κ3) is 3.36. The number of benzene rings is 2. The van der Waals surface area contributed by atoms with Gasteiger partial charge in [0.25, 0.3) is 5.91 Å². The molecule has 0 atom stereocenters. The van der Waals surface area contributed by atoms with E-state index in [1.165, 1.54) is 12.1 Å². The number of hydrogen-bond acceptors (Lipinski definition) is 4. The van der Waals surface area contributed by atoms with Gasteiger partial charge in [0.2, 0.25) is 0 Å². The highest BCUT2D eigenvalue weighted by Gasteiger charge is 2.17. The van der Waals surface area contributed by atoms with Crippen LogP contribution in [-0.4, -0.2) is 24.2 Å². The highest BCUT2D eigenvalue weighted by molar-refractivity contribution is 5.94. The van der Waals surface area contributed by atoms with Crippen LogP contribution in [0.15, 0.2) is 48.5 Å². The smallest absolute Gasteiger partial charge is 0.269 e. The third-order valence-electron chi connectivity index (χ3n) is 4.26. The topological polar surface area (TPSA) is 60.5 Å². The van der Waals surface area contributed by atoms with Gasteiger partial charge in [-0.2, -0.15) is 0 Å². The zero-order chi connectivity index (χ0) is 17.9. The number of carbonyl (C=O) groups is 1. The van der Waals surface area contributed by atoms with Gasteiger partial charge in [0.1, 0.15) is 17.3 Å². The molecule has 5 nitrogen and oxygen atoms in total. The van der Waals surface area contributed by atoms with Crippen LogP contribution in [0.5, 0.6) is 5.75 Å². The number of pyridine rings is 1. The largest absolute Gasteiger partial charge is 0.467 e. The van der Waals surface area contributed by atoms with Crippen molar-refractivity contribution >= 4 is 16.8 Å². The van der Waals surface area contributed by atoms with Gasteiger partial charge in [0.05, 0.1) is 12.1 Å². The maximum absolute atomic E-state index is 13.7. The fourth-order valence-corrected chi connectivity index (χ4v) is 3.04. The molecule has 0 aliphatic carbocycles. The molecule has 132 valence electrons. The van der Waals surface area contributed by atoms with Crippen molar-refractivity contribution in [2.24, 2.45) is 0 Å². The summed E-state index contributed by atoms with van der Waals surface area (Å²) in [7, 11) is 0. The lowest BCUT2D eigenvalue weighted by Crippen LogP contribution is -2.27. The number of halogens is 1. The van der Waals surface area contributed by atoms with E-state index in [0.717, 1.165) is 16.5 Å². The number of hydrogen-bond donors (Lipinski definition) is 1. The first-order valence-electron chi connectivity index (χ1n) is 8.36. The van der Waals surface area contributed by atoms with Crippen molar-refractivity contribution in [1.29, 1.82) is 0 Å². The van der Waals surface area contributed by atoms with Gasteiger partial charge in [-0.05, 0) is 36.2 Å². The average Bonchev–Trinajstić information content (AvgIpc) is 2.67. The molecule has 1 aliphatic heterocycles. The number of nitrogens with one attached hydrogen (secondary N) is 1. The first-order chi connectivity index (χ1) is 12.7. The summed E-state index contributed by atoms with van der Waals surface area (Å²) in [6.07, 6.45) is 0.458. The highest BCUT2D eigenvalue weighted by Crippen LogP contribution is 2.29. The van der Waals surface area contributed by atoms with Crippen LogP contribution in [0.3, 0.4) is 0 Å². The minimum atomic E-state index is -0.338. The van der Waals surface area contributed by atoms with Crippen LogP contribution in [0.2, 0.25) is 0 Å². The Morgan fingerprint density at radius 2 is 2.08 bits per heavy atom. The van der Waals surface area contributed by atoms with Crippen LogP contribution in [-0.2, 0) is 17.8 Å². The van der Waals surface area contributed by atoms with Gasteiger partial charge in [-0.1, -0.05) is 24.3 Å². The van der Waals surface area contributed by atoms with E-state index >= 15 is 0 Å². The fourth-order valence-electron chi connectivity index (χ4n) is 3.04. The molecule has 0 spiro atoms. The first kappa shape index (κ1) is 16.5. The normalized spacial score (nSPS) is 13.1. The van der Waals surface area contributed by atoms with Gasteiger partial charge in [0, 0.05) is 17.5 Å². The molecular formula is C20H17FN2O3. The van der Waals surface area contributed by atoms with E-state index in [1.807, 2.05) is 30.3 Å². The van der Waals surface area contributed by atoms with Gasteiger partial charge < -0.3 is 14.8 Å². The second-order valence-electron chi connectivity index (χ2n) is 6.06. The number of nitrogens with zero attached hydrogens (tertiary/aromatic N) is 1. The molecule has 6 heteroatoms. The van der Waals surface area contributed by atoms with Crippen LogP contribution < -0.4 is 10.1 Å². The zero-order valence-electron chi connectivity index (χ0n) is 14.0. The molecular weight excluding hydrogens is 335 g/mol. The maximum atomic E-state index is 13.7. The third-order valence-corrected chi connectivity index (χ3v) is 4.26. The Morgan fingerprint density at radius 1 is 1.19 bits per heavy atom. The molecule has 0 radical (unpaired) electrons. The number of ether oxygens (including phenoxy) is 2. The predicted molar refractivity (Wildman–Crippen MR) is 94.5 cm³/mol. The Labute approximate surface area is 149 Å². The summed E-state index contributed by atoms with van der Waals surface area (Å²) in [4.78, 5) is 16.7. The molecule has 0 saturated heterocycles. The number of fused-ring (bicyclic) bond motifs is 2. The summed E-state index contributed by atoms with van der Waals surface area (Å²) in [5.74, 6) is 0.0522. The fraction of sp³-hybridized carbons (Fsp3) is 0.200. The molecule has 1 amide bonds. The van der Waals surface area contributed by atoms with Crippen molar-refractivity contribution in [2.75, 3.05) is 13.3 Å². The van der Waals surface area contributed by atoms with E-state index in [1.54, 1.807) is 6.07 Å². The standard InChI is InChI=1S/C20H17FN2O3/c21-16-9-14(19-15(10-16)11-25-12-26-19)7-8-22-20(24)18-6-5-13-3-1-2-4-17(13)23-18/h1-6,9-10H,7-8,11-12H2,(H,22,24). The van der Waals surface area contributed by atoms with Gasteiger partial charge in [0.15, 0.2) is 6.79 Å². The quantitative estimate of drug-likeness (QED) is 0.783. The number of amides is 1. The van der Waals surface area contributed by atoms with Crippen LogP contribution >= 0.6 is 0 Å². The second kappa shape index (κ2) is 7.09. The van der Waals surface area contributed by atoms with Crippen molar-refractivity contribution < 1.29 is 18.7 Å². The minimum Gasteiger partial charge on any atom is -0.467 e. The molecule has 4 rings (SSSR count). The van der Waals surface area contributed by atoms with Gasteiger partial charge in [-0.3, -0.25) is 4.79 Å². The lowest BCUT2D eigenvalue weighted by Gasteiger charge is -2.21. The SMILES string of the molecule is O=C(NCCc1cc(F)cc2c1OCOC2)c1ccc2ccccc2n1. The van der Waals surface area contributed by atoms with E-state index in [4.69, 9.17) is 9.47 Å². The number of carbonyl (C=O) groups excluding carboxylic acids is 1. The summed E-state index contributed by atoms with van der Waals surface area (Å²) < 4.78 is 24.4. The minimum absolute atomic E-state index is 0.152. The summed E-state index contributed by atoms with van der Waals surface area (Å²) in [5, 5.41) is 3.81. The monoisotopic (exact) mass is 352 g/mol. The molecule has 3 aromatic rings.